The van der Waals surface area contributed by atoms with Gasteiger partial charge in [-0.25, -0.2) is 4.79 Å². The minimum atomic E-state index is -0.276. The summed E-state index contributed by atoms with van der Waals surface area (Å²) in [7, 11) is 4.41. The third-order valence-corrected chi connectivity index (χ3v) is 3.90. The third-order valence-electron chi connectivity index (χ3n) is 3.90. The van der Waals surface area contributed by atoms with Crippen molar-refractivity contribution in [3.05, 3.63) is 12.2 Å². The Labute approximate surface area is 131 Å². The summed E-state index contributed by atoms with van der Waals surface area (Å²) in [5.74, 6) is -0.276. The van der Waals surface area contributed by atoms with E-state index in [-0.39, 0.29) is 5.97 Å². The van der Waals surface area contributed by atoms with Crippen molar-refractivity contribution >= 4 is 5.97 Å². The molecule has 124 valence electrons. The Bertz CT molecular complexity index is 298. The van der Waals surface area contributed by atoms with E-state index in [2.05, 4.69) is 27.6 Å². The molecule has 0 aliphatic carbocycles. The first kappa shape index (κ1) is 20.2. The van der Waals surface area contributed by atoms with E-state index >= 15 is 0 Å². The smallest absolute Gasteiger partial charge is 0.333 e. The minimum absolute atomic E-state index is 0.276. The lowest BCUT2D eigenvalue weighted by molar-refractivity contribution is -0.890. The molecule has 0 spiro atoms. The molecule has 3 heteroatoms. The Kier molecular flexibility index (Phi) is 11.3. The topological polar surface area (TPSA) is 26.3 Å². The Balaban J connectivity index is 3.55. The molecule has 0 amide bonds. The molecule has 21 heavy (non-hydrogen) atoms. The van der Waals surface area contributed by atoms with Crippen LogP contribution in [-0.4, -0.2) is 44.2 Å². The Morgan fingerprint density at radius 1 is 0.952 bits per heavy atom. The molecule has 0 bridgehead atoms. The van der Waals surface area contributed by atoms with Crippen LogP contribution in [0.1, 0.15) is 65.2 Å². The average molecular weight is 298 g/mol. The molecule has 0 aliphatic rings. The number of hydrogen-bond acceptors (Lipinski definition) is 2. The lowest BCUT2D eigenvalue weighted by atomic mass is 10.1. The lowest BCUT2D eigenvalue weighted by Gasteiger charge is -2.29. The van der Waals surface area contributed by atoms with Gasteiger partial charge in [-0.05, 0) is 19.8 Å². The summed E-state index contributed by atoms with van der Waals surface area (Å²) >= 11 is 0. The second kappa shape index (κ2) is 11.8. The number of rotatable bonds is 13. The van der Waals surface area contributed by atoms with Crippen LogP contribution in [0, 0.1) is 0 Å². The number of carbonyl (C=O) groups excluding carboxylic acids is 1. The van der Waals surface area contributed by atoms with Crippen LogP contribution in [0.2, 0.25) is 0 Å². The van der Waals surface area contributed by atoms with Gasteiger partial charge in [0.2, 0.25) is 0 Å². The van der Waals surface area contributed by atoms with E-state index in [1.807, 2.05) is 0 Å². The van der Waals surface area contributed by atoms with Crippen molar-refractivity contribution < 1.29 is 14.0 Å². The third kappa shape index (κ3) is 12.6. The summed E-state index contributed by atoms with van der Waals surface area (Å²) in [6.45, 7) is 10.0. The highest BCUT2D eigenvalue weighted by atomic mass is 16.5. The van der Waals surface area contributed by atoms with Gasteiger partial charge in [0, 0.05) is 5.57 Å². The maximum atomic E-state index is 11.3. The van der Waals surface area contributed by atoms with Gasteiger partial charge in [-0.3, -0.25) is 0 Å². The molecule has 3 nitrogen and oxygen atoms in total. The molecular formula is C18H36NO2+. The minimum Gasteiger partial charge on any atom is -0.456 e. The SMILES string of the molecule is C=C(C)C(=O)OCC[N+](C)(C)CCCCCCCCCC. The molecule has 0 aliphatic heterocycles. The number of carbonyl (C=O) groups is 1. The highest BCUT2D eigenvalue weighted by Gasteiger charge is 2.15. The van der Waals surface area contributed by atoms with Gasteiger partial charge < -0.3 is 9.22 Å². The second-order valence-corrected chi connectivity index (χ2v) is 6.77. The largest absolute Gasteiger partial charge is 0.456 e. The Morgan fingerprint density at radius 3 is 2.00 bits per heavy atom. The van der Waals surface area contributed by atoms with Crippen molar-refractivity contribution in [3.8, 4) is 0 Å². The van der Waals surface area contributed by atoms with Crippen LogP contribution in [-0.2, 0) is 9.53 Å². The first-order valence-electron chi connectivity index (χ1n) is 8.53. The van der Waals surface area contributed by atoms with E-state index < -0.39 is 0 Å². The fraction of sp³-hybridized carbons (Fsp3) is 0.833. The zero-order chi connectivity index (χ0) is 16.1. The highest BCUT2D eigenvalue weighted by Crippen LogP contribution is 2.10. The molecular weight excluding hydrogens is 262 g/mol. The van der Waals surface area contributed by atoms with Gasteiger partial charge in [-0.15, -0.1) is 0 Å². The van der Waals surface area contributed by atoms with Crippen LogP contribution >= 0.6 is 0 Å². The summed E-state index contributed by atoms with van der Waals surface area (Å²) in [4.78, 5) is 11.3. The number of nitrogens with zero attached hydrogens (tertiary/aromatic N) is 1. The van der Waals surface area contributed by atoms with Crippen molar-refractivity contribution in [2.75, 3.05) is 33.8 Å². The standard InChI is InChI=1S/C18H36NO2/c1-6-7-8-9-10-11-12-13-14-19(4,5)15-16-21-18(20)17(2)3/h2,6-16H2,1,3-5H3/q+1. The predicted octanol–water partition coefficient (Wildman–Crippen LogP) is 4.32. The average Bonchev–Trinajstić information content (AvgIpc) is 2.41. The normalized spacial score (nSPS) is 11.4. The van der Waals surface area contributed by atoms with Gasteiger partial charge in [0.15, 0.2) is 0 Å². The van der Waals surface area contributed by atoms with Crippen LogP contribution in [0.15, 0.2) is 12.2 Å². The number of unbranched alkanes of at least 4 members (excludes halogenated alkanes) is 7. The van der Waals surface area contributed by atoms with E-state index in [4.69, 9.17) is 4.74 Å². The maximum Gasteiger partial charge on any atom is 0.333 e. The molecule has 0 aromatic rings. The molecule has 0 atom stereocenters. The number of esters is 1. The van der Waals surface area contributed by atoms with Crippen molar-refractivity contribution in [1.82, 2.24) is 0 Å². The lowest BCUT2D eigenvalue weighted by Crippen LogP contribution is -2.43. The van der Waals surface area contributed by atoms with Gasteiger partial charge in [-0.1, -0.05) is 52.0 Å². The van der Waals surface area contributed by atoms with Crippen molar-refractivity contribution in [1.29, 1.82) is 0 Å². The number of ether oxygens (including phenoxy) is 1. The van der Waals surface area contributed by atoms with E-state index in [1.54, 1.807) is 6.92 Å². The van der Waals surface area contributed by atoms with Crippen molar-refractivity contribution in [3.63, 3.8) is 0 Å². The number of hydrogen-bond donors (Lipinski definition) is 0. The fourth-order valence-corrected chi connectivity index (χ4v) is 2.29. The van der Waals surface area contributed by atoms with Crippen LogP contribution in [0.25, 0.3) is 0 Å². The summed E-state index contributed by atoms with van der Waals surface area (Å²) in [5.41, 5.74) is 0.475. The second-order valence-electron chi connectivity index (χ2n) is 6.77. The molecule has 0 N–H and O–H groups in total. The quantitative estimate of drug-likeness (QED) is 0.219. The monoisotopic (exact) mass is 298 g/mol. The first-order chi connectivity index (χ1) is 9.89. The number of likely N-dealkylation sites (N-methyl/N-ethyl adjacent to an activating group) is 1. The van der Waals surface area contributed by atoms with Gasteiger partial charge in [0.25, 0.3) is 0 Å². The first-order valence-corrected chi connectivity index (χ1v) is 8.53. The van der Waals surface area contributed by atoms with Crippen molar-refractivity contribution in [2.24, 2.45) is 0 Å². The molecule has 0 aromatic heterocycles. The van der Waals surface area contributed by atoms with E-state index in [9.17, 15) is 4.79 Å². The van der Waals surface area contributed by atoms with E-state index in [0.717, 1.165) is 17.6 Å². The van der Waals surface area contributed by atoms with E-state index in [1.165, 1.54) is 51.4 Å². The summed E-state index contributed by atoms with van der Waals surface area (Å²) in [6.07, 6.45) is 10.8. The fourth-order valence-electron chi connectivity index (χ4n) is 2.29. The molecule has 0 saturated heterocycles. The summed E-state index contributed by atoms with van der Waals surface area (Å²) in [5, 5.41) is 0. The Morgan fingerprint density at radius 2 is 1.48 bits per heavy atom. The maximum absolute atomic E-state index is 11.3. The van der Waals surface area contributed by atoms with Gasteiger partial charge >= 0.3 is 5.97 Å². The molecule has 0 aromatic carbocycles. The molecule has 0 unspecified atom stereocenters. The van der Waals surface area contributed by atoms with Gasteiger partial charge in [-0.2, -0.15) is 0 Å². The van der Waals surface area contributed by atoms with E-state index in [0.29, 0.717) is 12.2 Å². The number of quaternary nitrogens is 1. The molecule has 0 saturated carbocycles. The summed E-state index contributed by atoms with van der Waals surface area (Å²) in [6, 6.07) is 0. The van der Waals surface area contributed by atoms with Gasteiger partial charge in [0.05, 0.1) is 20.6 Å². The van der Waals surface area contributed by atoms with Crippen LogP contribution < -0.4 is 0 Å². The predicted molar refractivity (Wildman–Crippen MR) is 90.2 cm³/mol. The highest BCUT2D eigenvalue weighted by molar-refractivity contribution is 5.86. The van der Waals surface area contributed by atoms with Crippen LogP contribution in [0.5, 0.6) is 0 Å². The summed E-state index contributed by atoms with van der Waals surface area (Å²) < 4.78 is 6.08. The van der Waals surface area contributed by atoms with Crippen molar-refractivity contribution in [2.45, 2.75) is 65.2 Å². The Hall–Kier alpha value is -0.830. The zero-order valence-electron chi connectivity index (χ0n) is 14.7. The molecule has 0 heterocycles. The van der Waals surface area contributed by atoms with Gasteiger partial charge in [0.1, 0.15) is 13.2 Å². The van der Waals surface area contributed by atoms with Crippen LogP contribution in [0.4, 0.5) is 0 Å². The molecule has 0 radical (unpaired) electrons. The van der Waals surface area contributed by atoms with Crippen LogP contribution in [0.3, 0.4) is 0 Å². The molecule has 0 fully saturated rings. The molecule has 0 rings (SSSR count). The zero-order valence-corrected chi connectivity index (χ0v) is 14.7.